The van der Waals surface area contributed by atoms with Gasteiger partial charge in [0.1, 0.15) is 23.2 Å². The molecule has 0 bridgehead atoms. The van der Waals surface area contributed by atoms with Crippen molar-refractivity contribution in [2.24, 2.45) is 0 Å². The molecule has 5 heteroatoms. The Labute approximate surface area is 144 Å². The summed E-state index contributed by atoms with van der Waals surface area (Å²) >= 11 is 0. The van der Waals surface area contributed by atoms with Gasteiger partial charge in [0.2, 0.25) is 5.88 Å². The normalized spacial score (nSPS) is 20.2. The molecule has 25 heavy (non-hydrogen) atoms. The van der Waals surface area contributed by atoms with Gasteiger partial charge in [0, 0.05) is 30.8 Å². The van der Waals surface area contributed by atoms with E-state index in [1.165, 1.54) is 12.1 Å². The van der Waals surface area contributed by atoms with Gasteiger partial charge in [-0.3, -0.25) is 9.36 Å². The molecule has 0 saturated carbocycles. The number of aromatic nitrogens is 1. The highest BCUT2D eigenvalue weighted by Gasteiger charge is 2.38. The molecule has 1 atom stereocenters. The van der Waals surface area contributed by atoms with Gasteiger partial charge >= 0.3 is 0 Å². The molecule has 124 valence electrons. The summed E-state index contributed by atoms with van der Waals surface area (Å²) in [5.41, 5.74) is 1.61. The minimum Gasteiger partial charge on any atom is -0.443 e. The average Bonchev–Trinajstić information content (AvgIpc) is 3.15. The van der Waals surface area contributed by atoms with Crippen LogP contribution in [0.5, 0.6) is 0 Å². The number of allylic oxidation sites excluding steroid dienone is 3. The van der Waals surface area contributed by atoms with Crippen LogP contribution in [-0.4, -0.2) is 10.4 Å². The molecule has 1 aromatic carbocycles. The third-order valence-electron chi connectivity index (χ3n) is 4.60. The Bertz CT molecular complexity index is 931. The molecule has 2 aliphatic rings. The van der Waals surface area contributed by atoms with E-state index in [1.54, 1.807) is 29.1 Å². The van der Waals surface area contributed by atoms with Crippen LogP contribution < -0.4 is 0 Å². The molecule has 0 fully saturated rings. The fraction of sp³-hybridized carbons (Fsp3) is 0.200. The number of benzene rings is 1. The molecule has 0 spiro atoms. The van der Waals surface area contributed by atoms with Crippen molar-refractivity contribution in [3.8, 4) is 6.07 Å². The molecule has 0 radical (unpaired) electrons. The summed E-state index contributed by atoms with van der Waals surface area (Å²) in [7, 11) is 0. The van der Waals surface area contributed by atoms with Crippen molar-refractivity contribution in [3.05, 3.63) is 77.1 Å². The highest BCUT2D eigenvalue weighted by atomic mass is 19.1. The van der Waals surface area contributed by atoms with Crippen LogP contribution in [0.15, 0.2) is 65.7 Å². The summed E-state index contributed by atoms with van der Waals surface area (Å²) in [6.07, 6.45) is 5.42. The van der Waals surface area contributed by atoms with Crippen LogP contribution in [0.2, 0.25) is 0 Å². The predicted molar refractivity (Wildman–Crippen MR) is 89.4 cm³/mol. The molecule has 0 N–H and O–H groups in total. The number of nitriles is 1. The second kappa shape index (κ2) is 6.06. The van der Waals surface area contributed by atoms with E-state index in [9.17, 15) is 14.4 Å². The lowest BCUT2D eigenvalue weighted by Gasteiger charge is -2.32. The Morgan fingerprint density at radius 2 is 1.88 bits per heavy atom. The lowest BCUT2D eigenvalue weighted by Crippen LogP contribution is -2.26. The van der Waals surface area contributed by atoms with Crippen LogP contribution in [0, 0.1) is 17.1 Å². The zero-order chi connectivity index (χ0) is 17.4. The van der Waals surface area contributed by atoms with E-state index in [-0.39, 0.29) is 11.6 Å². The van der Waals surface area contributed by atoms with Crippen LogP contribution in [0.3, 0.4) is 0 Å². The fourth-order valence-corrected chi connectivity index (χ4v) is 3.46. The summed E-state index contributed by atoms with van der Waals surface area (Å²) in [6, 6.07) is 11.9. The second-order valence-electron chi connectivity index (χ2n) is 6.12. The first-order valence-electron chi connectivity index (χ1n) is 8.16. The van der Waals surface area contributed by atoms with Crippen LogP contribution in [0.1, 0.15) is 30.7 Å². The third kappa shape index (κ3) is 2.56. The van der Waals surface area contributed by atoms with E-state index in [2.05, 4.69) is 6.07 Å². The minimum atomic E-state index is -0.528. The molecule has 0 amide bonds. The van der Waals surface area contributed by atoms with Crippen molar-refractivity contribution >= 4 is 11.7 Å². The maximum Gasteiger partial charge on any atom is 0.218 e. The number of ether oxygens (including phenoxy) is 1. The molecular weight excluding hydrogens is 319 g/mol. The van der Waals surface area contributed by atoms with Gasteiger partial charge < -0.3 is 4.74 Å². The van der Waals surface area contributed by atoms with Crippen LogP contribution in [0.4, 0.5) is 4.39 Å². The van der Waals surface area contributed by atoms with Crippen molar-refractivity contribution in [1.82, 2.24) is 4.57 Å². The van der Waals surface area contributed by atoms with Crippen molar-refractivity contribution in [1.29, 1.82) is 5.26 Å². The van der Waals surface area contributed by atoms with E-state index in [1.807, 2.05) is 12.1 Å². The number of Topliss-reactive ketones (excluding diaryl/α,β-unsaturated/α-hetero) is 1. The molecular formula is C20H15FN2O2. The average molecular weight is 334 g/mol. The monoisotopic (exact) mass is 334 g/mol. The van der Waals surface area contributed by atoms with E-state index in [0.717, 1.165) is 6.42 Å². The molecule has 1 unspecified atom stereocenters. The van der Waals surface area contributed by atoms with Crippen molar-refractivity contribution in [2.75, 3.05) is 0 Å². The van der Waals surface area contributed by atoms with Crippen LogP contribution >= 0.6 is 0 Å². The third-order valence-corrected chi connectivity index (χ3v) is 4.60. The van der Waals surface area contributed by atoms with E-state index < -0.39 is 5.92 Å². The lowest BCUT2D eigenvalue weighted by atomic mass is 9.77. The number of hydrogen-bond acceptors (Lipinski definition) is 3. The molecule has 1 aliphatic carbocycles. The summed E-state index contributed by atoms with van der Waals surface area (Å²) in [4.78, 5) is 12.6. The largest absolute Gasteiger partial charge is 0.443 e. The quantitative estimate of drug-likeness (QED) is 0.829. The Morgan fingerprint density at radius 3 is 2.56 bits per heavy atom. The smallest absolute Gasteiger partial charge is 0.218 e. The highest BCUT2D eigenvalue weighted by Crippen LogP contribution is 2.45. The van der Waals surface area contributed by atoms with E-state index in [0.29, 0.717) is 41.2 Å². The Kier molecular flexibility index (Phi) is 3.73. The van der Waals surface area contributed by atoms with Crippen molar-refractivity contribution in [2.45, 2.75) is 25.2 Å². The number of hydrogen-bond donors (Lipinski definition) is 0. The molecule has 4 nitrogen and oxygen atoms in total. The number of ketones is 1. The minimum absolute atomic E-state index is 0.00474. The molecule has 1 aromatic heterocycles. The Hall–Kier alpha value is -3.13. The highest BCUT2D eigenvalue weighted by molar-refractivity contribution is 6.00. The standard InChI is InChI=1S/C20H15FN2O2/c21-14-8-6-13(7-9-14)18-15(12-22)20(23-10-1-2-11-23)25-17-5-3-4-16(24)19(17)18/h1-2,6-11,18H,3-5H2. The zero-order valence-corrected chi connectivity index (χ0v) is 13.4. The Morgan fingerprint density at radius 1 is 1.16 bits per heavy atom. The van der Waals surface area contributed by atoms with Gasteiger partial charge in [-0.05, 0) is 36.2 Å². The van der Waals surface area contributed by atoms with E-state index in [4.69, 9.17) is 4.74 Å². The number of carbonyl (C=O) groups excluding carboxylic acids is 1. The zero-order valence-electron chi connectivity index (χ0n) is 13.4. The summed E-state index contributed by atoms with van der Waals surface area (Å²) in [5.74, 6) is 0.145. The SMILES string of the molecule is N#CC1=C(n2cccc2)OC2=C(C(=O)CCC2)C1c1ccc(F)cc1. The van der Waals surface area contributed by atoms with Gasteiger partial charge in [-0.1, -0.05) is 12.1 Å². The van der Waals surface area contributed by atoms with Gasteiger partial charge in [-0.25, -0.2) is 4.39 Å². The molecule has 2 aromatic rings. The maximum absolute atomic E-state index is 13.4. The van der Waals surface area contributed by atoms with Gasteiger partial charge in [0.25, 0.3) is 0 Å². The van der Waals surface area contributed by atoms with Crippen LogP contribution in [0.25, 0.3) is 5.88 Å². The number of nitrogens with zero attached hydrogens (tertiary/aromatic N) is 2. The first-order chi connectivity index (χ1) is 12.2. The first-order valence-corrected chi connectivity index (χ1v) is 8.16. The Balaban J connectivity index is 1.94. The molecule has 4 rings (SSSR count). The lowest BCUT2D eigenvalue weighted by molar-refractivity contribution is -0.116. The number of rotatable bonds is 2. The molecule has 1 aliphatic heterocycles. The number of halogens is 1. The molecule has 0 saturated heterocycles. The van der Waals surface area contributed by atoms with Gasteiger partial charge in [-0.2, -0.15) is 5.26 Å². The van der Waals surface area contributed by atoms with Gasteiger partial charge in [0.15, 0.2) is 5.78 Å². The maximum atomic E-state index is 13.4. The number of carbonyl (C=O) groups is 1. The van der Waals surface area contributed by atoms with E-state index >= 15 is 0 Å². The summed E-state index contributed by atoms with van der Waals surface area (Å²) < 4.78 is 21.1. The van der Waals surface area contributed by atoms with Gasteiger partial charge in [-0.15, -0.1) is 0 Å². The summed E-state index contributed by atoms with van der Waals surface area (Å²) in [6.45, 7) is 0. The van der Waals surface area contributed by atoms with Crippen molar-refractivity contribution in [3.63, 3.8) is 0 Å². The fourth-order valence-electron chi connectivity index (χ4n) is 3.46. The first kappa shape index (κ1) is 15.4. The summed E-state index contributed by atoms with van der Waals surface area (Å²) in [5, 5.41) is 9.81. The predicted octanol–water partition coefficient (Wildman–Crippen LogP) is 4.14. The topological polar surface area (TPSA) is 55.0 Å². The van der Waals surface area contributed by atoms with Gasteiger partial charge in [0.05, 0.1) is 5.92 Å². The van der Waals surface area contributed by atoms with Crippen LogP contribution in [-0.2, 0) is 9.53 Å². The second-order valence-corrected chi connectivity index (χ2v) is 6.12. The van der Waals surface area contributed by atoms with Crippen molar-refractivity contribution < 1.29 is 13.9 Å². The molecule has 2 heterocycles.